The largest absolute Gasteiger partial charge is 0.462 e. The van der Waals surface area contributed by atoms with E-state index in [1.165, 1.54) is 34.6 Å². The van der Waals surface area contributed by atoms with Gasteiger partial charge in [0.05, 0.1) is 23.1 Å². The smallest absolute Gasteiger partial charge is 0.341 e. The molecule has 10 heteroatoms. The molecule has 5 rings (SSSR count). The molecular formula is C31H37N5O4S. The number of fused-ring (bicyclic) bond motifs is 3. The fraction of sp³-hybridized carbons (Fsp3) is 0.452. The number of nitrogens with one attached hydrogen (secondary N) is 2. The van der Waals surface area contributed by atoms with Crippen LogP contribution in [0.3, 0.4) is 0 Å². The highest BCUT2D eigenvalue weighted by Gasteiger charge is 2.28. The van der Waals surface area contributed by atoms with Crippen molar-refractivity contribution in [1.82, 2.24) is 14.0 Å². The van der Waals surface area contributed by atoms with Gasteiger partial charge in [-0.05, 0) is 62.8 Å². The first kappa shape index (κ1) is 28.7. The van der Waals surface area contributed by atoms with Crippen molar-refractivity contribution in [3.8, 4) is 0 Å². The molecule has 0 radical (unpaired) electrons. The molecule has 9 nitrogen and oxygen atoms in total. The highest BCUT2D eigenvalue weighted by atomic mass is 32.1. The second-order valence-electron chi connectivity index (χ2n) is 10.5. The Bertz CT molecular complexity index is 1720. The fourth-order valence-corrected chi connectivity index (χ4v) is 6.84. The summed E-state index contributed by atoms with van der Waals surface area (Å²) in [5.41, 5.74) is 2.02. The first-order valence-electron chi connectivity index (χ1n) is 14.7. The minimum atomic E-state index is -0.532. The van der Waals surface area contributed by atoms with E-state index in [2.05, 4.69) is 12.2 Å². The van der Waals surface area contributed by atoms with Crippen LogP contribution in [0.15, 0.2) is 35.3 Å². The molecule has 4 aromatic rings. The number of pyridine rings is 2. The zero-order valence-corrected chi connectivity index (χ0v) is 24.6. The summed E-state index contributed by atoms with van der Waals surface area (Å²) in [5, 5.41) is 12.7. The molecular weight excluding hydrogens is 538 g/mol. The van der Waals surface area contributed by atoms with Gasteiger partial charge in [0, 0.05) is 17.6 Å². The number of amides is 1. The number of rotatable bonds is 11. The molecule has 4 aromatic heterocycles. The van der Waals surface area contributed by atoms with Crippen molar-refractivity contribution in [3.63, 3.8) is 0 Å². The maximum atomic E-state index is 13.8. The molecule has 1 aliphatic rings. The average molecular weight is 576 g/mol. The SMILES string of the molecule is CCCCCCCCn1c(=N)c(C(=O)Nc2sc3c(c2C(=O)OCC)CCCC3)cc2c(=O)n3ccccc3nc21. The number of nitrogens with zero attached hydrogens (tertiary/aromatic N) is 3. The van der Waals surface area contributed by atoms with Gasteiger partial charge >= 0.3 is 5.97 Å². The van der Waals surface area contributed by atoms with E-state index in [0.717, 1.165) is 61.8 Å². The molecule has 1 aliphatic carbocycles. The Kier molecular flexibility index (Phi) is 8.97. The monoisotopic (exact) mass is 575 g/mol. The van der Waals surface area contributed by atoms with E-state index >= 15 is 0 Å². The lowest BCUT2D eigenvalue weighted by atomic mass is 9.95. The Hall–Kier alpha value is -3.79. The number of anilines is 1. The summed E-state index contributed by atoms with van der Waals surface area (Å²) in [6.07, 6.45) is 11.7. The van der Waals surface area contributed by atoms with Crippen molar-refractivity contribution in [2.75, 3.05) is 11.9 Å². The van der Waals surface area contributed by atoms with Crippen LogP contribution in [-0.4, -0.2) is 32.4 Å². The minimum Gasteiger partial charge on any atom is -0.462 e. The molecule has 1 amide bonds. The number of thiophene rings is 1. The molecule has 0 bridgehead atoms. The third-order valence-electron chi connectivity index (χ3n) is 7.68. The van der Waals surface area contributed by atoms with Gasteiger partial charge in [-0.1, -0.05) is 45.1 Å². The van der Waals surface area contributed by atoms with E-state index in [0.29, 0.717) is 28.4 Å². The lowest BCUT2D eigenvalue weighted by Gasteiger charge is -2.15. The van der Waals surface area contributed by atoms with E-state index in [1.54, 1.807) is 29.8 Å². The summed E-state index contributed by atoms with van der Waals surface area (Å²) in [7, 11) is 0. The highest BCUT2D eigenvalue weighted by Crippen LogP contribution is 2.38. The van der Waals surface area contributed by atoms with E-state index in [-0.39, 0.29) is 28.6 Å². The van der Waals surface area contributed by atoms with Gasteiger partial charge in [-0.25, -0.2) is 9.78 Å². The Morgan fingerprint density at radius 2 is 1.88 bits per heavy atom. The zero-order valence-electron chi connectivity index (χ0n) is 23.8. The Balaban J connectivity index is 1.56. The number of hydrogen-bond acceptors (Lipinski definition) is 7. The van der Waals surface area contributed by atoms with E-state index in [1.807, 2.05) is 6.07 Å². The van der Waals surface area contributed by atoms with Crippen LogP contribution in [0.4, 0.5) is 5.00 Å². The van der Waals surface area contributed by atoms with Gasteiger partial charge < -0.3 is 14.6 Å². The number of carbonyl (C=O) groups excluding carboxylic acids is 2. The fourth-order valence-electron chi connectivity index (χ4n) is 5.57. The normalized spacial score (nSPS) is 12.9. The number of ether oxygens (including phenoxy) is 1. The zero-order chi connectivity index (χ0) is 28.9. The first-order valence-corrected chi connectivity index (χ1v) is 15.5. The van der Waals surface area contributed by atoms with Crippen molar-refractivity contribution in [1.29, 1.82) is 5.41 Å². The standard InChI is InChI=1S/C31H37N5O4S/c1-3-5-6-7-8-12-18-36-26(32)21(19-22-27(36)33-24-16-11-13-17-35(24)30(22)38)28(37)34-29-25(31(39)40-4-2)20-14-9-10-15-23(20)41-29/h11,13,16-17,19,32H,3-10,12,14-15,18H2,1-2H3,(H,34,37). The minimum absolute atomic E-state index is 0.00487. The van der Waals surface area contributed by atoms with Gasteiger partial charge in [-0.3, -0.25) is 19.4 Å². The van der Waals surface area contributed by atoms with Crippen LogP contribution in [0.25, 0.3) is 16.7 Å². The van der Waals surface area contributed by atoms with Crippen LogP contribution in [0, 0.1) is 5.41 Å². The third-order valence-corrected chi connectivity index (χ3v) is 8.88. The van der Waals surface area contributed by atoms with Crippen LogP contribution >= 0.6 is 11.3 Å². The topological polar surface area (TPSA) is 119 Å². The molecule has 2 N–H and O–H groups in total. The van der Waals surface area contributed by atoms with Crippen molar-refractivity contribution in [3.05, 3.63) is 67.9 Å². The Morgan fingerprint density at radius 1 is 1.10 bits per heavy atom. The van der Waals surface area contributed by atoms with E-state index < -0.39 is 11.9 Å². The summed E-state index contributed by atoms with van der Waals surface area (Å²) in [4.78, 5) is 46.1. The predicted molar refractivity (Wildman–Crippen MR) is 161 cm³/mol. The summed E-state index contributed by atoms with van der Waals surface area (Å²) in [5.74, 6) is -0.978. The predicted octanol–water partition coefficient (Wildman–Crippen LogP) is 5.86. The Morgan fingerprint density at radius 3 is 2.68 bits per heavy atom. The highest BCUT2D eigenvalue weighted by molar-refractivity contribution is 7.17. The summed E-state index contributed by atoms with van der Waals surface area (Å²) in [6, 6.07) is 6.80. The summed E-state index contributed by atoms with van der Waals surface area (Å²) < 4.78 is 8.48. The Labute approximate surface area is 242 Å². The molecule has 0 saturated heterocycles. The molecule has 0 aliphatic heterocycles. The van der Waals surface area contributed by atoms with Crippen LogP contribution in [0.2, 0.25) is 0 Å². The van der Waals surface area contributed by atoms with Crippen LogP contribution in [0.5, 0.6) is 0 Å². The van der Waals surface area contributed by atoms with E-state index in [9.17, 15) is 14.4 Å². The van der Waals surface area contributed by atoms with Gasteiger partial charge in [0.15, 0.2) is 0 Å². The number of esters is 1. The van der Waals surface area contributed by atoms with Gasteiger partial charge in [0.25, 0.3) is 11.5 Å². The van der Waals surface area contributed by atoms with E-state index in [4.69, 9.17) is 15.1 Å². The van der Waals surface area contributed by atoms with Gasteiger partial charge in [0.1, 0.15) is 21.8 Å². The molecule has 0 fully saturated rings. The van der Waals surface area contributed by atoms with Crippen LogP contribution in [0.1, 0.15) is 96.4 Å². The molecule has 0 saturated carbocycles. The summed E-state index contributed by atoms with van der Waals surface area (Å²) >= 11 is 1.40. The molecule has 4 heterocycles. The molecule has 216 valence electrons. The van der Waals surface area contributed by atoms with Gasteiger partial charge in [-0.15, -0.1) is 11.3 Å². The lowest BCUT2D eigenvalue weighted by Crippen LogP contribution is -2.32. The van der Waals surface area contributed by atoms with Crippen molar-refractivity contribution >= 4 is 44.9 Å². The quantitative estimate of drug-likeness (QED) is 0.132. The molecule has 41 heavy (non-hydrogen) atoms. The van der Waals surface area contributed by atoms with Crippen molar-refractivity contribution in [2.24, 2.45) is 0 Å². The second kappa shape index (κ2) is 12.8. The molecule has 0 atom stereocenters. The summed E-state index contributed by atoms with van der Waals surface area (Å²) in [6.45, 7) is 4.65. The number of unbranched alkanes of at least 4 members (excludes halogenated alkanes) is 5. The maximum absolute atomic E-state index is 13.8. The first-order chi connectivity index (χ1) is 19.9. The number of carbonyl (C=O) groups is 2. The van der Waals surface area contributed by atoms with Crippen LogP contribution < -0.4 is 16.4 Å². The second-order valence-corrected chi connectivity index (χ2v) is 11.6. The molecule has 0 unspecified atom stereocenters. The van der Waals surface area contributed by atoms with Gasteiger partial charge in [0.2, 0.25) is 0 Å². The number of hydrogen-bond donors (Lipinski definition) is 2. The van der Waals surface area contributed by atoms with Crippen LogP contribution in [-0.2, 0) is 24.1 Å². The maximum Gasteiger partial charge on any atom is 0.341 e. The van der Waals surface area contributed by atoms with Gasteiger partial charge in [-0.2, -0.15) is 0 Å². The van der Waals surface area contributed by atoms with Crippen molar-refractivity contribution in [2.45, 2.75) is 84.6 Å². The number of aryl methyl sites for hydroxylation is 2. The molecule has 0 spiro atoms. The van der Waals surface area contributed by atoms with Crippen molar-refractivity contribution < 1.29 is 14.3 Å². The number of aromatic nitrogens is 3. The molecule has 0 aromatic carbocycles. The third kappa shape index (κ3) is 5.84. The average Bonchev–Trinajstić information content (AvgIpc) is 3.34. The lowest BCUT2D eigenvalue weighted by molar-refractivity contribution is 0.0526.